The lowest BCUT2D eigenvalue weighted by molar-refractivity contribution is -0.128. The summed E-state index contributed by atoms with van der Waals surface area (Å²) < 4.78 is 5.61. The summed E-state index contributed by atoms with van der Waals surface area (Å²) >= 11 is 0. The van der Waals surface area contributed by atoms with Gasteiger partial charge in [-0.3, -0.25) is 9.79 Å². The molecule has 2 unspecified atom stereocenters. The average Bonchev–Trinajstić information content (AvgIpc) is 2.88. The Kier molecular flexibility index (Phi) is 9.69. The molecule has 9 heteroatoms. The molecule has 0 radical (unpaired) electrons. The number of hydrogen-bond acceptors (Lipinski definition) is 4. The molecule has 2 bridgehead atoms. The van der Waals surface area contributed by atoms with E-state index in [9.17, 15) is 9.59 Å². The minimum Gasteiger partial charge on any atom is -0.444 e. The molecule has 0 aromatic carbocycles. The molecule has 2 aliphatic heterocycles. The molecule has 2 saturated heterocycles. The van der Waals surface area contributed by atoms with Gasteiger partial charge in [0, 0.05) is 38.3 Å². The van der Waals surface area contributed by atoms with Gasteiger partial charge in [0.1, 0.15) is 5.60 Å². The third-order valence-corrected chi connectivity index (χ3v) is 5.55. The molecule has 0 spiro atoms. The van der Waals surface area contributed by atoms with E-state index in [1.807, 2.05) is 46.4 Å². The third-order valence-electron chi connectivity index (χ3n) is 5.55. The lowest BCUT2D eigenvalue weighted by Gasteiger charge is -2.40. The number of guanidine groups is 1. The molecular weight excluding hydrogens is 497 g/mol. The number of piperidine rings is 1. The van der Waals surface area contributed by atoms with Gasteiger partial charge in [-0.25, -0.2) is 4.79 Å². The van der Waals surface area contributed by atoms with E-state index in [1.165, 1.54) is 0 Å². The van der Waals surface area contributed by atoms with Crippen LogP contribution in [0.3, 0.4) is 0 Å². The molecule has 2 fully saturated rings. The van der Waals surface area contributed by atoms with Gasteiger partial charge in [-0.1, -0.05) is 0 Å². The van der Waals surface area contributed by atoms with Crippen LogP contribution in [0.5, 0.6) is 0 Å². The molecule has 2 aliphatic rings. The van der Waals surface area contributed by atoms with Crippen LogP contribution >= 0.6 is 24.0 Å². The molecule has 30 heavy (non-hydrogen) atoms. The lowest BCUT2D eigenvalue weighted by atomic mass is 9.92. The van der Waals surface area contributed by atoms with Crippen molar-refractivity contribution in [2.75, 3.05) is 20.1 Å². The molecule has 2 heterocycles. The lowest BCUT2D eigenvalue weighted by Crippen LogP contribution is -2.56. The van der Waals surface area contributed by atoms with Crippen molar-refractivity contribution in [3.63, 3.8) is 0 Å². The second-order valence-electron chi connectivity index (χ2n) is 9.75. The second kappa shape index (κ2) is 10.9. The summed E-state index contributed by atoms with van der Waals surface area (Å²) in [5, 5.41) is 9.64. The topological polar surface area (TPSA) is 95.1 Å². The Balaban J connectivity index is 0.00000450. The zero-order valence-corrected chi connectivity index (χ0v) is 21.8. The zero-order valence-electron chi connectivity index (χ0n) is 19.5. The Bertz CT molecular complexity index is 619. The van der Waals surface area contributed by atoms with Crippen LogP contribution in [-0.2, 0) is 9.53 Å². The van der Waals surface area contributed by atoms with E-state index in [-0.39, 0.29) is 54.1 Å². The Hall–Kier alpha value is -1.26. The van der Waals surface area contributed by atoms with E-state index in [4.69, 9.17) is 4.74 Å². The number of carbonyl (C=O) groups is 2. The zero-order chi connectivity index (χ0) is 21.8. The van der Waals surface area contributed by atoms with Crippen molar-refractivity contribution in [2.45, 2.75) is 91.0 Å². The van der Waals surface area contributed by atoms with Gasteiger partial charge < -0.3 is 25.6 Å². The SMILES string of the molecule is CCNC(=O)C(C)(C)CNC(=NC)NC1CC2CCC(C1)N2C(=O)OC(C)(C)C.I. The standard InChI is InChI=1S/C21H39N5O3.HI/c1-8-23-17(27)21(5,6)13-24-18(22-7)25-14-11-15-9-10-16(12-14)26(15)19(28)29-20(2,3)4;/h14-16H,8-13H2,1-7H3,(H,23,27)(H2,22,24,25);1H. The van der Waals surface area contributed by atoms with Crippen LogP contribution in [0.25, 0.3) is 0 Å². The van der Waals surface area contributed by atoms with Gasteiger partial charge in [-0.15, -0.1) is 24.0 Å². The van der Waals surface area contributed by atoms with Crippen LogP contribution in [0.4, 0.5) is 4.79 Å². The first-order chi connectivity index (χ1) is 13.5. The fourth-order valence-corrected chi connectivity index (χ4v) is 4.08. The number of carbonyl (C=O) groups excluding carboxylic acids is 2. The Labute approximate surface area is 198 Å². The van der Waals surface area contributed by atoms with Gasteiger partial charge in [0.25, 0.3) is 0 Å². The third kappa shape index (κ3) is 7.16. The normalized spacial score (nSPS) is 24.0. The highest BCUT2D eigenvalue weighted by molar-refractivity contribution is 14.0. The maximum absolute atomic E-state index is 12.6. The maximum atomic E-state index is 12.6. The first-order valence-corrected chi connectivity index (χ1v) is 10.7. The summed E-state index contributed by atoms with van der Waals surface area (Å²) in [6.07, 6.45) is 3.57. The van der Waals surface area contributed by atoms with Crippen molar-refractivity contribution in [1.82, 2.24) is 20.9 Å². The molecule has 0 saturated carbocycles. The number of nitrogens with one attached hydrogen (secondary N) is 3. The number of fused-ring (bicyclic) bond motifs is 2. The fraction of sp³-hybridized carbons (Fsp3) is 0.857. The van der Waals surface area contributed by atoms with E-state index in [1.54, 1.807) is 7.05 Å². The molecule has 2 amide bonds. The second-order valence-corrected chi connectivity index (χ2v) is 9.75. The monoisotopic (exact) mass is 537 g/mol. The van der Waals surface area contributed by atoms with Crippen molar-refractivity contribution in [1.29, 1.82) is 0 Å². The Morgan fingerprint density at radius 3 is 2.10 bits per heavy atom. The van der Waals surface area contributed by atoms with Crippen LogP contribution in [0.15, 0.2) is 4.99 Å². The van der Waals surface area contributed by atoms with Crippen molar-refractivity contribution < 1.29 is 14.3 Å². The summed E-state index contributed by atoms with van der Waals surface area (Å²) in [6.45, 7) is 12.6. The quantitative estimate of drug-likeness (QED) is 0.285. The predicted molar refractivity (Wildman–Crippen MR) is 130 cm³/mol. The molecular formula is C21H40IN5O3. The van der Waals surface area contributed by atoms with E-state index in [0.29, 0.717) is 19.0 Å². The van der Waals surface area contributed by atoms with Crippen molar-refractivity contribution in [2.24, 2.45) is 10.4 Å². The van der Waals surface area contributed by atoms with Crippen molar-refractivity contribution >= 4 is 41.9 Å². The molecule has 8 nitrogen and oxygen atoms in total. The smallest absolute Gasteiger partial charge is 0.410 e. The summed E-state index contributed by atoms with van der Waals surface area (Å²) in [5.41, 5.74) is -1.01. The highest BCUT2D eigenvalue weighted by atomic mass is 127. The van der Waals surface area contributed by atoms with Gasteiger partial charge in [-0.2, -0.15) is 0 Å². The average molecular weight is 537 g/mol. The number of aliphatic imine (C=N–C) groups is 1. The minimum atomic E-state index is -0.535. The Morgan fingerprint density at radius 2 is 1.63 bits per heavy atom. The van der Waals surface area contributed by atoms with Gasteiger partial charge >= 0.3 is 6.09 Å². The van der Waals surface area contributed by atoms with E-state index in [2.05, 4.69) is 20.9 Å². The van der Waals surface area contributed by atoms with Gasteiger partial charge in [0.15, 0.2) is 5.96 Å². The molecule has 0 aromatic heterocycles. The predicted octanol–water partition coefficient (Wildman–Crippen LogP) is 2.86. The number of rotatable bonds is 5. The molecule has 0 aromatic rings. The first-order valence-electron chi connectivity index (χ1n) is 10.7. The minimum absolute atomic E-state index is 0. The highest BCUT2D eigenvalue weighted by Crippen LogP contribution is 2.36. The van der Waals surface area contributed by atoms with Crippen LogP contribution in [0.2, 0.25) is 0 Å². The first kappa shape index (κ1) is 26.8. The Morgan fingerprint density at radius 1 is 1.07 bits per heavy atom. The highest BCUT2D eigenvalue weighted by Gasteiger charge is 2.45. The van der Waals surface area contributed by atoms with E-state index in [0.717, 1.165) is 25.7 Å². The molecule has 2 atom stereocenters. The van der Waals surface area contributed by atoms with Gasteiger partial charge in [0.05, 0.1) is 5.41 Å². The van der Waals surface area contributed by atoms with Crippen LogP contribution in [0, 0.1) is 5.41 Å². The largest absolute Gasteiger partial charge is 0.444 e. The fourth-order valence-electron chi connectivity index (χ4n) is 4.08. The van der Waals surface area contributed by atoms with Gasteiger partial charge in [-0.05, 0) is 67.2 Å². The number of amides is 2. The van der Waals surface area contributed by atoms with Crippen LogP contribution in [-0.4, -0.2) is 66.7 Å². The maximum Gasteiger partial charge on any atom is 0.410 e. The number of halogens is 1. The summed E-state index contributed by atoms with van der Waals surface area (Å²) in [5.74, 6) is 0.712. The van der Waals surface area contributed by atoms with Crippen molar-refractivity contribution in [3.05, 3.63) is 0 Å². The van der Waals surface area contributed by atoms with Crippen LogP contribution < -0.4 is 16.0 Å². The number of hydrogen-bond donors (Lipinski definition) is 3. The number of ether oxygens (including phenoxy) is 1. The summed E-state index contributed by atoms with van der Waals surface area (Å²) in [6, 6.07) is 0.641. The molecule has 3 N–H and O–H groups in total. The summed E-state index contributed by atoms with van der Waals surface area (Å²) in [4.78, 5) is 31.1. The molecule has 2 rings (SSSR count). The number of nitrogens with zero attached hydrogens (tertiary/aromatic N) is 2. The van der Waals surface area contributed by atoms with E-state index < -0.39 is 11.0 Å². The van der Waals surface area contributed by atoms with Gasteiger partial charge in [0.2, 0.25) is 5.91 Å². The summed E-state index contributed by atoms with van der Waals surface area (Å²) in [7, 11) is 1.74. The molecule has 0 aliphatic carbocycles. The van der Waals surface area contributed by atoms with E-state index >= 15 is 0 Å². The van der Waals surface area contributed by atoms with Crippen LogP contribution in [0.1, 0.15) is 67.2 Å². The molecule has 174 valence electrons. The van der Waals surface area contributed by atoms with Crippen molar-refractivity contribution in [3.8, 4) is 0 Å².